The molecule has 1 aromatic heterocycles. The van der Waals surface area contributed by atoms with Gasteiger partial charge in [0.25, 0.3) is 0 Å². The number of carboxylic acid groups (broad SMARTS) is 1. The molecular weight excluding hydrogens is 601 g/mol. The predicted octanol–water partition coefficient (Wildman–Crippen LogP) is 7.48. The summed E-state index contributed by atoms with van der Waals surface area (Å²) in [5.74, 6) is 1.62. The minimum Gasteiger partial charge on any atom is -0.497 e. The zero-order chi connectivity index (χ0) is 30.2. The van der Waals surface area contributed by atoms with Gasteiger partial charge in [-0.3, -0.25) is 0 Å². The van der Waals surface area contributed by atoms with Gasteiger partial charge in [0.15, 0.2) is 22.5 Å². The lowest BCUT2D eigenvalue weighted by atomic mass is 10.2. The van der Waals surface area contributed by atoms with E-state index in [9.17, 15) is 9.90 Å². The molecule has 9 nitrogen and oxygen atoms in total. The first-order chi connectivity index (χ1) is 20.3. The van der Waals surface area contributed by atoms with Crippen LogP contribution in [-0.2, 0) is 17.9 Å². The Morgan fingerprint density at radius 3 is 2.31 bits per heavy atom. The van der Waals surface area contributed by atoms with Crippen molar-refractivity contribution in [1.82, 2.24) is 14.8 Å². The Kier molecular flexibility index (Phi) is 10.6. The van der Waals surface area contributed by atoms with Crippen molar-refractivity contribution in [1.29, 1.82) is 0 Å². The fourth-order valence-corrected chi connectivity index (χ4v) is 5.33. The molecule has 12 heteroatoms. The fraction of sp³-hybridized carbons (Fsp3) is 0.233. The molecule has 0 bridgehead atoms. The van der Waals surface area contributed by atoms with Crippen LogP contribution in [-0.4, -0.2) is 46.7 Å². The van der Waals surface area contributed by atoms with Gasteiger partial charge in [-0.25, -0.2) is 4.79 Å². The van der Waals surface area contributed by atoms with E-state index in [0.717, 1.165) is 22.9 Å². The number of carbonyl (C=O) groups is 1. The maximum absolute atomic E-state index is 12.3. The number of ether oxygens (including phenoxy) is 4. The Balaban J connectivity index is 1.61. The first-order valence-electron chi connectivity index (χ1n) is 12.9. The Morgan fingerprint density at radius 1 is 0.952 bits per heavy atom. The van der Waals surface area contributed by atoms with Gasteiger partial charge in [0, 0.05) is 33.8 Å². The first kappa shape index (κ1) is 31.1. The van der Waals surface area contributed by atoms with Gasteiger partial charge in [-0.15, -0.1) is 10.2 Å². The Morgan fingerprint density at radius 2 is 1.69 bits per heavy atom. The number of halogens is 2. The molecule has 0 unspecified atom stereocenters. The Bertz CT molecular complexity index is 1590. The molecule has 4 aromatic rings. The fourth-order valence-electron chi connectivity index (χ4n) is 3.98. The average molecular weight is 631 g/mol. The highest BCUT2D eigenvalue weighted by Crippen LogP contribution is 2.35. The van der Waals surface area contributed by atoms with Crippen molar-refractivity contribution in [2.45, 2.75) is 32.2 Å². The molecule has 0 radical (unpaired) electrons. The van der Waals surface area contributed by atoms with Gasteiger partial charge >= 0.3 is 5.97 Å². The van der Waals surface area contributed by atoms with Gasteiger partial charge in [0.05, 0.1) is 20.8 Å². The van der Waals surface area contributed by atoms with Gasteiger partial charge in [-0.05, 0) is 73.6 Å². The lowest BCUT2D eigenvalue weighted by molar-refractivity contribution is -0.131. The monoisotopic (exact) mass is 629 g/mol. The molecular formula is C30H29Cl2N3O6S. The first-order valence-corrected chi connectivity index (χ1v) is 14.5. The second kappa shape index (κ2) is 14.4. The third-order valence-electron chi connectivity index (χ3n) is 6.02. The van der Waals surface area contributed by atoms with Crippen LogP contribution >= 0.6 is 35.0 Å². The lowest BCUT2D eigenvalue weighted by Crippen LogP contribution is -2.03. The number of hydrogen-bond donors (Lipinski definition) is 1. The van der Waals surface area contributed by atoms with Crippen LogP contribution in [0.2, 0.25) is 10.0 Å². The zero-order valence-electron chi connectivity index (χ0n) is 23.4. The molecule has 0 saturated heterocycles. The summed E-state index contributed by atoms with van der Waals surface area (Å²) in [5.41, 5.74) is 2.11. The third kappa shape index (κ3) is 7.50. The van der Waals surface area contributed by atoms with E-state index in [0.29, 0.717) is 62.7 Å². The van der Waals surface area contributed by atoms with Crippen molar-refractivity contribution in [2.75, 3.05) is 20.8 Å². The molecule has 0 aliphatic carbocycles. The number of carboxylic acids is 1. The van der Waals surface area contributed by atoms with E-state index < -0.39 is 5.97 Å². The number of benzene rings is 3. The highest BCUT2D eigenvalue weighted by atomic mass is 35.5. The Hall–Kier alpha value is -3.86. The topological polar surface area (TPSA) is 105 Å². The molecule has 0 atom stereocenters. The maximum atomic E-state index is 12.3. The van der Waals surface area contributed by atoms with Crippen LogP contribution in [0.15, 0.2) is 64.7 Å². The molecule has 3 aromatic carbocycles. The minimum absolute atomic E-state index is 0.0518. The van der Waals surface area contributed by atoms with Crippen molar-refractivity contribution < 1.29 is 28.8 Å². The van der Waals surface area contributed by atoms with Gasteiger partial charge in [0.2, 0.25) is 0 Å². The second-order valence-corrected chi connectivity index (χ2v) is 10.6. The van der Waals surface area contributed by atoms with Crippen molar-refractivity contribution in [3.05, 3.63) is 80.7 Å². The molecule has 220 valence electrons. The summed E-state index contributed by atoms with van der Waals surface area (Å²) in [6.45, 7) is 4.89. The van der Waals surface area contributed by atoms with Crippen LogP contribution in [0.1, 0.15) is 25.0 Å². The second-order valence-electron chi connectivity index (χ2n) is 8.73. The molecule has 0 spiro atoms. The summed E-state index contributed by atoms with van der Waals surface area (Å²) >= 11 is 13.3. The number of hydrogen-bond acceptors (Lipinski definition) is 8. The van der Waals surface area contributed by atoms with Crippen LogP contribution in [0.5, 0.6) is 23.0 Å². The van der Waals surface area contributed by atoms with Crippen LogP contribution in [0, 0.1) is 0 Å². The van der Waals surface area contributed by atoms with E-state index in [1.807, 2.05) is 30.5 Å². The average Bonchev–Trinajstić information content (AvgIpc) is 3.39. The molecule has 0 aliphatic rings. The quantitative estimate of drug-likeness (QED) is 0.119. The molecule has 0 aliphatic heterocycles. The number of methoxy groups -OCH3 is 2. The normalized spacial score (nSPS) is 11.3. The van der Waals surface area contributed by atoms with Crippen molar-refractivity contribution in [3.8, 4) is 34.4 Å². The number of aliphatic carboxylic acids is 1. The van der Waals surface area contributed by atoms with Crippen LogP contribution in [0.4, 0.5) is 0 Å². The summed E-state index contributed by atoms with van der Waals surface area (Å²) in [7, 11) is 3.14. The molecule has 42 heavy (non-hydrogen) atoms. The van der Waals surface area contributed by atoms with E-state index in [1.165, 1.54) is 0 Å². The largest absolute Gasteiger partial charge is 0.497 e. The maximum Gasteiger partial charge on any atom is 0.342 e. The summed E-state index contributed by atoms with van der Waals surface area (Å²) in [5, 5.41) is 20.1. The number of aromatic nitrogens is 3. The summed E-state index contributed by atoms with van der Waals surface area (Å²) in [6.07, 6.45) is 1.55. The van der Waals surface area contributed by atoms with Gasteiger partial charge in [-0.2, -0.15) is 0 Å². The predicted molar refractivity (Wildman–Crippen MR) is 164 cm³/mol. The van der Waals surface area contributed by atoms with E-state index in [2.05, 4.69) is 10.2 Å². The molecule has 0 fully saturated rings. The smallest absolute Gasteiger partial charge is 0.342 e. The SMILES string of the molecule is CCOc1cc(/C=C(\Sc2nnc(-c3cc(OC)cc(OC)c3)n2CC)C(=O)O)ccc1OCc1ccc(Cl)cc1Cl. The third-order valence-corrected chi connectivity index (χ3v) is 7.60. The van der Waals surface area contributed by atoms with Crippen LogP contribution in [0.25, 0.3) is 17.5 Å². The lowest BCUT2D eigenvalue weighted by Gasteiger charge is -2.14. The highest BCUT2D eigenvalue weighted by Gasteiger charge is 2.20. The Labute approximate surface area is 258 Å². The molecule has 0 amide bonds. The number of rotatable bonds is 13. The van der Waals surface area contributed by atoms with Gasteiger partial charge in [0.1, 0.15) is 23.0 Å². The molecule has 1 N–H and O–H groups in total. The molecule has 0 saturated carbocycles. The van der Waals surface area contributed by atoms with Crippen molar-refractivity contribution >= 4 is 47.0 Å². The molecule has 4 rings (SSSR count). The summed E-state index contributed by atoms with van der Waals surface area (Å²) in [6, 6.07) is 15.8. The summed E-state index contributed by atoms with van der Waals surface area (Å²) < 4.78 is 24.4. The zero-order valence-corrected chi connectivity index (χ0v) is 25.7. The van der Waals surface area contributed by atoms with E-state index in [4.69, 9.17) is 42.1 Å². The van der Waals surface area contributed by atoms with Crippen molar-refractivity contribution in [3.63, 3.8) is 0 Å². The van der Waals surface area contributed by atoms with Crippen molar-refractivity contribution in [2.24, 2.45) is 0 Å². The van der Waals surface area contributed by atoms with Gasteiger partial charge in [-0.1, -0.05) is 35.3 Å². The number of thioether (sulfide) groups is 1. The van der Waals surface area contributed by atoms with Crippen LogP contribution < -0.4 is 18.9 Å². The van der Waals surface area contributed by atoms with Crippen LogP contribution in [0.3, 0.4) is 0 Å². The highest BCUT2D eigenvalue weighted by molar-refractivity contribution is 8.04. The van der Waals surface area contributed by atoms with Gasteiger partial charge < -0.3 is 28.6 Å². The van der Waals surface area contributed by atoms with E-state index in [1.54, 1.807) is 62.8 Å². The standard InChI is InChI=1S/C30H29Cl2N3O6S/c1-5-35-28(20-13-22(38-3)16-23(14-20)39-4)33-34-30(35)42-27(29(36)37)12-18-7-10-25(26(11-18)40-6-2)41-17-19-8-9-21(31)15-24(19)32/h7-16H,5-6,17H2,1-4H3,(H,36,37)/b27-12-. The summed E-state index contributed by atoms with van der Waals surface area (Å²) in [4.78, 5) is 12.3. The molecule has 1 heterocycles. The van der Waals surface area contributed by atoms with E-state index >= 15 is 0 Å². The minimum atomic E-state index is -1.11. The van der Waals surface area contributed by atoms with E-state index in [-0.39, 0.29) is 11.5 Å². The number of nitrogens with zero attached hydrogens (tertiary/aromatic N) is 3.